The molecule has 0 aliphatic carbocycles. The molecule has 0 fully saturated rings. The molecule has 154 valence electrons. The van der Waals surface area contributed by atoms with Gasteiger partial charge in [0.2, 0.25) is 0 Å². The number of hydrogen-bond donors (Lipinski definition) is 4. The van der Waals surface area contributed by atoms with Crippen molar-refractivity contribution in [3.63, 3.8) is 0 Å². The van der Waals surface area contributed by atoms with Gasteiger partial charge in [0.1, 0.15) is 0 Å². The molecule has 0 aromatic rings. The number of carbonyl (C=O) groups excluding carboxylic acids is 2. The smallest absolute Gasteiger partial charge is 0.319 e. The molecule has 0 aliphatic heterocycles. The van der Waals surface area contributed by atoms with E-state index in [1.54, 1.807) is 0 Å². The number of halogens is 2. The van der Waals surface area contributed by atoms with E-state index in [0.717, 1.165) is 25.7 Å². The average molecular weight is 410 g/mol. The number of carboxylic acid groups (broad SMARTS) is 1. The van der Waals surface area contributed by atoms with Crippen LogP contribution in [0.1, 0.15) is 39.5 Å². The molecule has 0 saturated heterocycles. The van der Waals surface area contributed by atoms with E-state index in [0.29, 0.717) is 13.2 Å². The molecule has 0 radical (unpaired) electrons. The van der Waals surface area contributed by atoms with Crippen molar-refractivity contribution in [3.8, 4) is 0 Å². The van der Waals surface area contributed by atoms with Crippen LogP contribution >= 0.6 is 24.8 Å². The van der Waals surface area contributed by atoms with Crippen LogP contribution in [0.25, 0.3) is 0 Å². The molecule has 0 aliphatic rings. The maximum atomic E-state index is 10.3. The predicted octanol–water partition coefficient (Wildman–Crippen LogP) is 0.450. The molecule has 0 atom stereocenters. The molecule has 0 rings (SSSR count). The Bertz CT molecular complexity index is 288. The van der Waals surface area contributed by atoms with E-state index in [2.05, 4.69) is 15.2 Å². The summed E-state index contributed by atoms with van der Waals surface area (Å²) in [5.74, 6) is -1.60. The highest BCUT2D eigenvalue weighted by Crippen LogP contribution is 1.87. The third-order valence-electron chi connectivity index (χ3n) is 2.03. The number of carboxylic acids is 1. The minimum atomic E-state index is -0.968. The van der Waals surface area contributed by atoms with Crippen molar-refractivity contribution >= 4 is 42.7 Å². The zero-order chi connectivity index (χ0) is 18.5. The van der Waals surface area contributed by atoms with E-state index in [9.17, 15) is 14.4 Å². The minimum absolute atomic E-state index is 0. The third kappa shape index (κ3) is 45.0. The SMILES string of the molecule is CCCCOC(=O)CN.CCCCOC(=O)CN.Cl.Cl.NCC(=O)O. The van der Waals surface area contributed by atoms with Crippen molar-refractivity contribution in [1.82, 2.24) is 0 Å². The van der Waals surface area contributed by atoms with E-state index in [1.807, 2.05) is 13.8 Å². The summed E-state index contributed by atoms with van der Waals surface area (Å²) in [5, 5.41) is 7.60. The fourth-order valence-electron chi connectivity index (χ4n) is 0.779. The van der Waals surface area contributed by atoms with Crippen molar-refractivity contribution in [2.75, 3.05) is 32.8 Å². The Morgan fingerprint density at radius 1 is 0.760 bits per heavy atom. The Kier molecular flexibility index (Phi) is 43.1. The minimum Gasteiger partial charge on any atom is -0.480 e. The van der Waals surface area contributed by atoms with E-state index < -0.39 is 5.97 Å². The lowest BCUT2D eigenvalue weighted by Crippen LogP contribution is -2.17. The Morgan fingerprint density at radius 3 is 1.20 bits per heavy atom. The monoisotopic (exact) mass is 409 g/mol. The number of carbonyl (C=O) groups is 3. The van der Waals surface area contributed by atoms with Gasteiger partial charge in [-0.2, -0.15) is 0 Å². The van der Waals surface area contributed by atoms with Gasteiger partial charge in [0.25, 0.3) is 0 Å². The molecule has 0 aromatic carbocycles. The molecule has 11 heteroatoms. The number of rotatable bonds is 9. The largest absolute Gasteiger partial charge is 0.480 e. The van der Waals surface area contributed by atoms with Crippen LogP contribution in [0.15, 0.2) is 0 Å². The number of nitrogens with two attached hydrogens (primary N) is 3. The molecule has 0 aromatic heterocycles. The number of hydrogen-bond acceptors (Lipinski definition) is 8. The van der Waals surface area contributed by atoms with Gasteiger partial charge in [0.15, 0.2) is 0 Å². The zero-order valence-corrected chi connectivity index (χ0v) is 16.5. The van der Waals surface area contributed by atoms with Gasteiger partial charge in [-0.3, -0.25) is 14.4 Å². The van der Waals surface area contributed by atoms with Gasteiger partial charge in [-0.25, -0.2) is 0 Å². The number of ether oxygens (including phenoxy) is 2. The van der Waals surface area contributed by atoms with Gasteiger partial charge in [0, 0.05) is 0 Å². The molecule has 7 N–H and O–H groups in total. The second-order valence-electron chi connectivity index (χ2n) is 4.15. The first kappa shape index (κ1) is 35.1. The van der Waals surface area contributed by atoms with Gasteiger partial charge in [-0.1, -0.05) is 26.7 Å². The third-order valence-corrected chi connectivity index (χ3v) is 2.03. The summed E-state index contributed by atoms with van der Waals surface area (Å²) in [6.45, 7) is 4.79. The second kappa shape index (κ2) is 30.7. The maximum Gasteiger partial charge on any atom is 0.319 e. The Hall–Kier alpha value is -1.13. The Morgan fingerprint density at radius 2 is 1.04 bits per heavy atom. The van der Waals surface area contributed by atoms with E-state index in [1.165, 1.54) is 0 Å². The van der Waals surface area contributed by atoms with Gasteiger partial charge in [-0.15, -0.1) is 24.8 Å². The summed E-state index contributed by atoms with van der Waals surface area (Å²) in [6, 6.07) is 0. The fourth-order valence-corrected chi connectivity index (χ4v) is 0.779. The van der Waals surface area contributed by atoms with Crippen LogP contribution < -0.4 is 17.2 Å². The van der Waals surface area contributed by atoms with Gasteiger partial charge >= 0.3 is 17.9 Å². The molecule has 0 amide bonds. The van der Waals surface area contributed by atoms with Crippen LogP contribution in [0, 0.1) is 0 Å². The fraction of sp³-hybridized carbons (Fsp3) is 0.786. The van der Waals surface area contributed by atoms with E-state index >= 15 is 0 Å². The predicted molar refractivity (Wildman–Crippen MR) is 101 cm³/mol. The first-order valence-electron chi connectivity index (χ1n) is 7.52. The van der Waals surface area contributed by atoms with Crippen LogP contribution in [0.5, 0.6) is 0 Å². The molecule has 0 saturated carbocycles. The van der Waals surface area contributed by atoms with Crippen LogP contribution in [0.3, 0.4) is 0 Å². The molecule has 0 heterocycles. The van der Waals surface area contributed by atoms with Crippen LogP contribution in [0.2, 0.25) is 0 Å². The van der Waals surface area contributed by atoms with Crippen molar-refractivity contribution in [2.45, 2.75) is 39.5 Å². The zero-order valence-electron chi connectivity index (χ0n) is 14.9. The van der Waals surface area contributed by atoms with Crippen molar-refractivity contribution in [2.24, 2.45) is 17.2 Å². The Labute approximate surface area is 161 Å². The summed E-state index contributed by atoms with van der Waals surface area (Å²) in [6.07, 6.45) is 3.92. The molecular formula is C14H33Cl2N3O6. The van der Waals surface area contributed by atoms with Crippen LogP contribution in [0.4, 0.5) is 0 Å². The summed E-state index contributed by atoms with van der Waals surface area (Å²) in [5.41, 5.74) is 14.5. The summed E-state index contributed by atoms with van der Waals surface area (Å²) in [4.78, 5) is 29.9. The van der Waals surface area contributed by atoms with Crippen LogP contribution in [-0.4, -0.2) is 55.9 Å². The highest BCUT2D eigenvalue weighted by atomic mass is 35.5. The van der Waals surface area contributed by atoms with Crippen molar-refractivity contribution in [1.29, 1.82) is 0 Å². The summed E-state index contributed by atoms with van der Waals surface area (Å²) < 4.78 is 9.34. The lowest BCUT2D eigenvalue weighted by molar-refractivity contribution is -0.142. The topological polar surface area (TPSA) is 168 Å². The average Bonchev–Trinajstić information content (AvgIpc) is 2.56. The summed E-state index contributed by atoms with van der Waals surface area (Å²) >= 11 is 0. The molecule has 25 heavy (non-hydrogen) atoms. The highest BCUT2D eigenvalue weighted by Gasteiger charge is 1.95. The van der Waals surface area contributed by atoms with E-state index in [-0.39, 0.29) is 56.4 Å². The molecule has 0 spiro atoms. The molecule has 0 bridgehead atoms. The quantitative estimate of drug-likeness (QED) is 0.311. The van der Waals surface area contributed by atoms with E-state index in [4.69, 9.17) is 16.6 Å². The Balaban J connectivity index is -0.0000000800. The normalized spacial score (nSPS) is 8.04. The first-order valence-corrected chi connectivity index (χ1v) is 7.52. The van der Waals surface area contributed by atoms with Gasteiger partial charge < -0.3 is 31.8 Å². The lowest BCUT2D eigenvalue weighted by atomic mass is 10.4. The number of unbranched alkanes of at least 4 members (excludes halogenated alkanes) is 2. The molecule has 9 nitrogen and oxygen atoms in total. The van der Waals surface area contributed by atoms with Crippen molar-refractivity contribution in [3.05, 3.63) is 0 Å². The second-order valence-corrected chi connectivity index (χ2v) is 4.15. The number of esters is 2. The van der Waals surface area contributed by atoms with Gasteiger partial charge in [0.05, 0.1) is 32.8 Å². The maximum absolute atomic E-state index is 10.3. The molecule has 0 unspecified atom stereocenters. The summed E-state index contributed by atoms with van der Waals surface area (Å²) in [7, 11) is 0. The van der Waals surface area contributed by atoms with Gasteiger partial charge in [-0.05, 0) is 12.8 Å². The molecular weight excluding hydrogens is 377 g/mol. The van der Waals surface area contributed by atoms with Crippen molar-refractivity contribution < 1.29 is 29.0 Å². The standard InChI is InChI=1S/2C6H13NO2.C2H5NO2.2ClH/c2*1-2-3-4-9-6(8)5-7;3-1-2(4)5;;/h2*2-5,7H2,1H3;1,3H2,(H,4,5);2*1H. The van der Waals surface area contributed by atoms with Crippen LogP contribution in [-0.2, 0) is 23.9 Å². The number of aliphatic carboxylic acids is 1. The highest BCUT2D eigenvalue weighted by molar-refractivity contribution is 5.85. The first-order chi connectivity index (χ1) is 10.9. The lowest BCUT2D eigenvalue weighted by Gasteiger charge is -1.99.